The number of nitriles is 1. The van der Waals surface area contributed by atoms with Crippen molar-refractivity contribution in [3.05, 3.63) is 135 Å². The molecule has 0 aliphatic carbocycles. The maximum absolute atomic E-state index is 13.6. The molecule has 0 fully saturated rings. The Kier molecular flexibility index (Phi) is 8.30. The third-order valence-corrected chi connectivity index (χ3v) is 7.12. The maximum atomic E-state index is 13.6. The second kappa shape index (κ2) is 12.4. The number of para-hydroxylation sites is 1. The fourth-order valence-corrected chi connectivity index (χ4v) is 4.79. The third kappa shape index (κ3) is 5.99. The van der Waals surface area contributed by atoms with Crippen LogP contribution in [0, 0.1) is 24.1 Å². The molecule has 0 aliphatic rings. The van der Waals surface area contributed by atoms with E-state index < -0.39 is 17.2 Å². The normalized spacial score (nSPS) is 11.0. The molecule has 0 radical (unpaired) electrons. The van der Waals surface area contributed by atoms with Gasteiger partial charge in [-0.1, -0.05) is 30.3 Å². The number of aromatic nitrogens is 3. The van der Waals surface area contributed by atoms with E-state index in [1.165, 1.54) is 25.1 Å². The largest absolute Gasteiger partial charge is 0.497 e. The zero-order chi connectivity index (χ0) is 30.5. The van der Waals surface area contributed by atoms with Gasteiger partial charge in [0.05, 0.1) is 24.1 Å². The van der Waals surface area contributed by atoms with Crippen LogP contribution in [-0.2, 0) is 13.0 Å². The number of ketones is 1. The first-order valence-corrected chi connectivity index (χ1v) is 13.4. The number of allylic oxidation sites excluding steroid dienone is 1. The molecule has 0 bridgehead atoms. The van der Waals surface area contributed by atoms with Crippen LogP contribution in [0.2, 0.25) is 0 Å². The average Bonchev–Trinajstić information content (AvgIpc) is 3.45. The van der Waals surface area contributed by atoms with Gasteiger partial charge in [0, 0.05) is 23.9 Å². The Labute approximate surface area is 247 Å². The van der Waals surface area contributed by atoms with E-state index in [1.54, 1.807) is 48.3 Å². The molecular formula is C34H27FN4O4. The summed E-state index contributed by atoms with van der Waals surface area (Å²) in [5, 5.41) is 25.5. The molecule has 5 rings (SSSR count). The van der Waals surface area contributed by atoms with E-state index >= 15 is 0 Å². The molecule has 214 valence electrons. The summed E-state index contributed by atoms with van der Waals surface area (Å²) < 4.78 is 21.5. The van der Waals surface area contributed by atoms with Crippen LogP contribution < -0.4 is 10.3 Å². The quantitative estimate of drug-likeness (QED) is 0.174. The molecular weight excluding hydrogens is 547 g/mol. The fraction of sp³-hybridized carbons (Fsp3) is 0.118. The van der Waals surface area contributed by atoms with E-state index in [9.17, 15) is 24.3 Å². The van der Waals surface area contributed by atoms with E-state index in [0.717, 1.165) is 15.8 Å². The molecule has 3 aromatic carbocycles. The minimum Gasteiger partial charge on any atom is -0.497 e. The second-order valence-electron chi connectivity index (χ2n) is 9.78. The Hall–Kier alpha value is -5.75. The Morgan fingerprint density at radius 1 is 1.07 bits per heavy atom. The number of benzene rings is 3. The minimum atomic E-state index is -0.672. The predicted octanol–water partition coefficient (Wildman–Crippen LogP) is 5.87. The number of aryl methyl sites for hydroxylation is 1. The Morgan fingerprint density at radius 3 is 2.42 bits per heavy atom. The summed E-state index contributed by atoms with van der Waals surface area (Å²) in [5.74, 6) is -0.812. The van der Waals surface area contributed by atoms with Gasteiger partial charge >= 0.3 is 0 Å². The lowest BCUT2D eigenvalue weighted by Gasteiger charge is -2.15. The number of nitrogens with zero attached hydrogens (tertiary/aromatic N) is 4. The molecule has 9 heteroatoms. The van der Waals surface area contributed by atoms with Crippen molar-refractivity contribution in [3.8, 4) is 34.6 Å². The molecule has 0 amide bonds. The highest BCUT2D eigenvalue weighted by molar-refractivity contribution is 6.09. The highest BCUT2D eigenvalue weighted by Gasteiger charge is 2.23. The van der Waals surface area contributed by atoms with Gasteiger partial charge in [-0.2, -0.15) is 10.4 Å². The first kappa shape index (κ1) is 28.8. The van der Waals surface area contributed by atoms with E-state index in [1.807, 2.05) is 48.5 Å². The summed E-state index contributed by atoms with van der Waals surface area (Å²) in [6.45, 7) is 1.51. The third-order valence-electron chi connectivity index (χ3n) is 7.12. The summed E-state index contributed by atoms with van der Waals surface area (Å²) in [4.78, 5) is 26.6. The van der Waals surface area contributed by atoms with E-state index in [4.69, 9.17) is 4.74 Å². The van der Waals surface area contributed by atoms with Crippen molar-refractivity contribution >= 4 is 11.9 Å². The van der Waals surface area contributed by atoms with Gasteiger partial charge in [0.25, 0.3) is 5.56 Å². The van der Waals surface area contributed by atoms with Crippen molar-refractivity contribution in [1.82, 2.24) is 14.3 Å². The van der Waals surface area contributed by atoms with Crippen LogP contribution in [0.3, 0.4) is 0 Å². The number of ether oxygens (including phenoxy) is 1. The number of halogens is 1. The topological polar surface area (TPSA) is 110 Å². The van der Waals surface area contributed by atoms with E-state index in [0.29, 0.717) is 29.0 Å². The highest BCUT2D eigenvalue weighted by atomic mass is 19.1. The lowest BCUT2D eigenvalue weighted by atomic mass is 10.00. The molecule has 43 heavy (non-hydrogen) atoms. The number of methoxy groups -OCH3 is 1. The van der Waals surface area contributed by atoms with Gasteiger partial charge in [0.15, 0.2) is 5.78 Å². The van der Waals surface area contributed by atoms with Crippen LogP contribution in [-0.4, -0.2) is 32.3 Å². The van der Waals surface area contributed by atoms with Crippen molar-refractivity contribution in [2.75, 3.05) is 7.11 Å². The van der Waals surface area contributed by atoms with Crippen LogP contribution in [0.25, 0.3) is 23.0 Å². The number of carbonyl (C=O) groups is 1. The van der Waals surface area contributed by atoms with Crippen molar-refractivity contribution in [3.63, 3.8) is 0 Å². The lowest BCUT2D eigenvalue weighted by Crippen LogP contribution is -2.27. The zero-order valence-corrected chi connectivity index (χ0v) is 23.5. The van der Waals surface area contributed by atoms with Crippen molar-refractivity contribution in [2.45, 2.75) is 19.9 Å². The number of hydrogen-bond acceptors (Lipinski definition) is 6. The van der Waals surface area contributed by atoms with Gasteiger partial charge in [-0.3, -0.25) is 14.2 Å². The summed E-state index contributed by atoms with van der Waals surface area (Å²) in [6, 6.07) is 24.4. The van der Waals surface area contributed by atoms with Gasteiger partial charge in [-0.25, -0.2) is 9.07 Å². The predicted molar refractivity (Wildman–Crippen MR) is 161 cm³/mol. The summed E-state index contributed by atoms with van der Waals surface area (Å²) in [6.07, 6.45) is 4.92. The minimum absolute atomic E-state index is 0.0501. The van der Waals surface area contributed by atoms with Crippen LogP contribution in [0.15, 0.2) is 95.9 Å². The molecule has 0 atom stereocenters. The van der Waals surface area contributed by atoms with Crippen LogP contribution in [0.5, 0.6) is 11.6 Å². The maximum Gasteiger partial charge on any atom is 0.271 e. The first-order valence-electron chi connectivity index (χ1n) is 13.4. The lowest BCUT2D eigenvalue weighted by molar-refractivity contribution is 0.104. The molecule has 5 aromatic rings. The SMILES string of the molecule is COc1ccc(CCn2c(O)c(C(=O)/C=C/c3cn(-c4ccccc4)nc3-c3ccc(F)cc3)c(C)c(C#N)c2=O)cc1. The van der Waals surface area contributed by atoms with E-state index in [2.05, 4.69) is 5.10 Å². The molecule has 0 saturated heterocycles. The molecule has 0 spiro atoms. The Bertz CT molecular complexity index is 1920. The van der Waals surface area contributed by atoms with Crippen molar-refractivity contribution < 1.29 is 19.0 Å². The molecule has 0 aliphatic heterocycles. The molecule has 2 aromatic heterocycles. The van der Waals surface area contributed by atoms with Gasteiger partial charge in [0.2, 0.25) is 5.88 Å². The average molecular weight is 575 g/mol. The van der Waals surface area contributed by atoms with Crippen molar-refractivity contribution in [2.24, 2.45) is 0 Å². The number of carbonyl (C=O) groups excluding carboxylic acids is 1. The monoisotopic (exact) mass is 574 g/mol. The number of pyridine rings is 1. The van der Waals surface area contributed by atoms with Crippen molar-refractivity contribution in [1.29, 1.82) is 5.26 Å². The van der Waals surface area contributed by atoms with Crippen LogP contribution in [0.4, 0.5) is 4.39 Å². The molecule has 0 unspecified atom stereocenters. The highest BCUT2D eigenvalue weighted by Crippen LogP contribution is 2.27. The Morgan fingerprint density at radius 2 is 1.77 bits per heavy atom. The van der Waals surface area contributed by atoms with Gasteiger partial charge in [-0.05, 0) is 85.2 Å². The first-order chi connectivity index (χ1) is 20.8. The summed E-state index contributed by atoms with van der Waals surface area (Å²) >= 11 is 0. The molecule has 2 heterocycles. The number of hydrogen-bond donors (Lipinski definition) is 1. The van der Waals surface area contributed by atoms with Gasteiger partial charge in [0.1, 0.15) is 23.2 Å². The Balaban J connectivity index is 1.51. The molecule has 8 nitrogen and oxygen atoms in total. The van der Waals surface area contributed by atoms with E-state index in [-0.39, 0.29) is 29.1 Å². The van der Waals surface area contributed by atoms with Crippen LogP contribution in [0.1, 0.15) is 32.6 Å². The molecule has 1 N–H and O–H groups in total. The second-order valence-corrected chi connectivity index (χ2v) is 9.78. The summed E-state index contributed by atoms with van der Waals surface area (Å²) in [5.41, 5.74) is 2.45. The summed E-state index contributed by atoms with van der Waals surface area (Å²) in [7, 11) is 1.56. The van der Waals surface area contributed by atoms with Crippen LogP contribution >= 0.6 is 0 Å². The smallest absolute Gasteiger partial charge is 0.271 e. The van der Waals surface area contributed by atoms with Gasteiger partial charge in [-0.15, -0.1) is 0 Å². The zero-order valence-electron chi connectivity index (χ0n) is 23.5. The number of aromatic hydroxyl groups is 1. The standard InChI is InChI=1S/C34H27FN4O4/c1-22-29(20-36)33(41)38(19-18-23-8-15-28(43-2)16-9-23)34(42)31(22)30(40)17-12-25-21-39(27-6-4-3-5-7-27)37-32(25)24-10-13-26(35)14-11-24/h3-17,21,42H,18-19H2,1-2H3/b17-12+. The molecule has 0 saturated carbocycles. The van der Waals surface area contributed by atoms with Gasteiger partial charge < -0.3 is 9.84 Å². The fourth-order valence-electron chi connectivity index (χ4n) is 4.79. The number of rotatable bonds is 9.